The summed E-state index contributed by atoms with van der Waals surface area (Å²) in [7, 11) is 0. The van der Waals surface area contributed by atoms with E-state index in [-0.39, 0.29) is 18.3 Å². The van der Waals surface area contributed by atoms with Crippen LogP contribution in [0.2, 0.25) is 0 Å². The number of hydrogen-bond donors (Lipinski definition) is 1. The third-order valence-electron chi connectivity index (χ3n) is 4.54. The molecule has 1 N–H and O–H groups in total. The number of amides is 1. The van der Waals surface area contributed by atoms with E-state index in [1.54, 1.807) is 0 Å². The van der Waals surface area contributed by atoms with Crippen LogP contribution >= 0.6 is 0 Å². The lowest BCUT2D eigenvalue weighted by molar-refractivity contribution is -0.143. The Hall–Kier alpha value is -2.53. The second-order valence-electron chi connectivity index (χ2n) is 7.53. The summed E-state index contributed by atoms with van der Waals surface area (Å²) < 4.78 is 60.4. The third kappa shape index (κ3) is 5.33. The number of nitrogens with zero attached hydrogens (tertiary/aromatic N) is 4. The van der Waals surface area contributed by atoms with Gasteiger partial charge >= 0.3 is 6.18 Å². The second kappa shape index (κ2) is 9.09. The van der Waals surface area contributed by atoms with E-state index >= 15 is 0 Å². The number of carbonyl (C=O) groups is 1. The van der Waals surface area contributed by atoms with E-state index in [0.717, 1.165) is 25.2 Å². The highest BCUT2D eigenvalue weighted by atomic mass is 19.4. The van der Waals surface area contributed by atoms with Crippen molar-refractivity contribution < 1.29 is 27.1 Å². The first-order valence-corrected chi connectivity index (χ1v) is 9.56. The van der Waals surface area contributed by atoms with Crippen LogP contribution in [0, 0.1) is 11.7 Å². The monoisotopic (exact) mass is 429 g/mol. The molecule has 1 unspecified atom stereocenters. The van der Waals surface area contributed by atoms with Gasteiger partial charge in [-0.25, -0.2) is 9.07 Å². The number of rotatable bonds is 6. The molecule has 30 heavy (non-hydrogen) atoms. The predicted octanol–water partition coefficient (Wildman–Crippen LogP) is 2.51. The molecule has 1 aliphatic rings. The van der Waals surface area contributed by atoms with Gasteiger partial charge < -0.3 is 10.1 Å². The van der Waals surface area contributed by atoms with E-state index < -0.39 is 29.3 Å². The van der Waals surface area contributed by atoms with E-state index in [1.807, 2.05) is 0 Å². The molecule has 0 bridgehead atoms. The van der Waals surface area contributed by atoms with Crippen molar-refractivity contribution in [3.8, 4) is 5.69 Å². The highest BCUT2D eigenvalue weighted by Crippen LogP contribution is 2.32. The van der Waals surface area contributed by atoms with Crippen molar-refractivity contribution in [3.05, 3.63) is 41.5 Å². The quantitative estimate of drug-likeness (QED) is 0.715. The van der Waals surface area contributed by atoms with Crippen molar-refractivity contribution in [1.29, 1.82) is 0 Å². The van der Waals surface area contributed by atoms with Crippen molar-refractivity contribution in [1.82, 2.24) is 25.2 Å². The minimum atomic E-state index is -4.92. The number of ether oxygens (including phenoxy) is 1. The minimum Gasteiger partial charge on any atom is -0.374 e. The summed E-state index contributed by atoms with van der Waals surface area (Å²) in [5, 5.41) is 9.30. The molecule has 7 nitrogen and oxygen atoms in total. The molecule has 1 fully saturated rings. The molecule has 0 aliphatic carbocycles. The maximum absolute atomic E-state index is 13.7. The van der Waals surface area contributed by atoms with Gasteiger partial charge in [-0.3, -0.25) is 9.69 Å². The van der Waals surface area contributed by atoms with E-state index in [0.29, 0.717) is 23.8 Å². The Kier molecular flexibility index (Phi) is 6.71. The Bertz CT molecular complexity index is 884. The van der Waals surface area contributed by atoms with Gasteiger partial charge in [-0.05, 0) is 24.1 Å². The summed E-state index contributed by atoms with van der Waals surface area (Å²) in [6.45, 7) is 6.91. The molecule has 2 heterocycles. The molecule has 1 aliphatic heterocycles. The van der Waals surface area contributed by atoms with Crippen LogP contribution in [0.25, 0.3) is 5.69 Å². The maximum atomic E-state index is 13.7. The van der Waals surface area contributed by atoms with Gasteiger partial charge in [-0.15, -0.1) is 5.10 Å². The topological polar surface area (TPSA) is 72.3 Å². The largest absolute Gasteiger partial charge is 0.435 e. The number of alkyl halides is 3. The zero-order valence-corrected chi connectivity index (χ0v) is 16.6. The molecule has 1 saturated heterocycles. The first kappa shape index (κ1) is 22.2. The zero-order chi connectivity index (χ0) is 21.9. The number of nitrogens with one attached hydrogen (secondary N) is 1. The summed E-state index contributed by atoms with van der Waals surface area (Å²) in [4.78, 5) is 14.6. The Balaban J connectivity index is 1.75. The summed E-state index contributed by atoms with van der Waals surface area (Å²) in [6, 6.07) is 4.46. The van der Waals surface area contributed by atoms with Crippen molar-refractivity contribution in [2.75, 3.05) is 32.8 Å². The lowest BCUT2D eigenvalue weighted by Gasteiger charge is -2.33. The van der Waals surface area contributed by atoms with Crippen molar-refractivity contribution in [3.63, 3.8) is 0 Å². The van der Waals surface area contributed by atoms with Gasteiger partial charge in [-0.1, -0.05) is 25.1 Å². The Morgan fingerprint density at radius 2 is 2.13 bits per heavy atom. The number of halogens is 4. The highest BCUT2D eigenvalue weighted by molar-refractivity contribution is 5.93. The minimum absolute atomic E-state index is 0.0392. The molecule has 1 aromatic carbocycles. The molecule has 2 aromatic rings. The van der Waals surface area contributed by atoms with E-state index in [9.17, 15) is 22.4 Å². The van der Waals surface area contributed by atoms with Gasteiger partial charge in [0, 0.05) is 26.2 Å². The zero-order valence-electron chi connectivity index (χ0n) is 16.6. The number of aromatic nitrogens is 3. The fourth-order valence-electron chi connectivity index (χ4n) is 3.35. The molecular formula is C19H23F4N5O2. The predicted molar refractivity (Wildman–Crippen MR) is 99.7 cm³/mol. The first-order valence-electron chi connectivity index (χ1n) is 9.56. The molecule has 3 rings (SSSR count). The van der Waals surface area contributed by atoms with Crippen molar-refractivity contribution >= 4 is 5.91 Å². The smallest absolute Gasteiger partial charge is 0.374 e. The lowest BCUT2D eigenvalue weighted by atomic mass is 10.2. The maximum Gasteiger partial charge on any atom is 0.435 e. The molecule has 1 amide bonds. The Morgan fingerprint density at radius 3 is 2.80 bits per heavy atom. The van der Waals surface area contributed by atoms with E-state index in [2.05, 4.69) is 34.4 Å². The van der Waals surface area contributed by atoms with Crippen molar-refractivity contribution in [2.24, 2.45) is 5.92 Å². The van der Waals surface area contributed by atoms with Gasteiger partial charge in [0.15, 0.2) is 11.4 Å². The van der Waals surface area contributed by atoms with E-state index in [1.165, 1.54) is 12.1 Å². The summed E-state index contributed by atoms with van der Waals surface area (Å²) in [5.41, 5.74) is -2.42. The molecule has 1 aromatic heterocycles. The van der Waals surface area contributed by atoms with Gasteiger partial charge in [0.1, 0.15) is 5.82 Å². The summed E-state index contributed by atoms with van der Waals surface area (Å²) in [6.07, 6.45) is -5.26. The molecule has 1 atom stereocenters. The first-order chi connectivity index (χ1) is 14.1. The Labute approximate surface area is 171 Å². The van der Waals surface area contributed by atoms with Gasteiger partial charge in [0.05, 0.1) is 18.4 Å². The number of hydrogen-bond acceptors (Lipinski definition) is 5. The average Bonchev–Trinajstić information content (AvgIpc) is 3.12. The number of carbonyl (C=O) groups excluding carboxylic acids is 1. The van der Waals surface area contributed by atoms with Crippen LogP contribution in [-0.4, -0.2) is 64.7 Å². The van der Waals surface area contributed by atoms with Crippen LogP contribution in [0.5, 0.6) is 0 Å². The van der Waals surface area contributed by atoms with Crippen LogP contribution in [0.15, 0.2) is 24.3 Å². The van der Waals surface area contributed by atoms with Crippen LogP contribution in [-0.2, 0) is 10.9 Å². The third-order valence-corrected chi connectivity index (χ3v) is 4.54. The van der Waals surface area contributed by atoms with Gasteiger partial charge in [0.2, 0.25) is 0 Å². The van der Waals surface area contributed by atoms with Crippen molar-refractivity contribution in [2.45, 2.75) is 26.1 Å². The fourth-order valence-corrected chi connectivity index (χ4v) is 3.35. The molecule has 0 radical (unpaired) electrons. The summed E-state index contributed by atoms with van der Waals surface area (Å²) >= 11 is 0. The van der Waals surface area contributed by atoms with Gasteiger partial charge in [0.25, 0.3) is 5.91 Å². The normalized spacial score (nSPS) is 18.0. The van der Waals surface area contributed by atoms with Gasteiger partial charge in [-0.2, -0.15) is 13.2 Å². The van der Waals surface area contributed by atoms with Crippen LogP contribution in [0.3, 0.4) is 0 Å². The van der Waals surface area contributed by atoms with E-state index in [4.69, 9.17) is 4.74 Å². The standard InChI is InChI=1S/C19H23F4N5O2/c1-12(2)10-27-6-7-30-15(11-27)9-24-18(29)16-17(19(21,22)23)28(26-25-16)14-5-3-4-13(20)8-14/h3-5,8,12,15H,6-7,9-11H2,1-2H3,(H,24,29). The average molecular weight is 429 g/mol. The lowest BCUT2D eigenvalue weighted by Crippen LogP contribution is -2.48. The van der Waals surface area contributed by atoms with Crippen LogP contribution in [0.1, 0.15) is 30.0 Å². The molecule has 0 saturated carbocycles. The number of benzene rings is 1. The fraction of sp³-hybridized carbons (Fsp3) is 0.526. The highest BCUT2D eigenvalue weighted by Gasteiger charge is 2.42. The molecular weight excluding hydrogens is 406 g/mol. The number of morpholine rings is 1. The van der Waals surface area contributed by atoms with Crippen LogP contribution in [0.4, 0.5) is 17.6 Å². The Morgan fingerprint density at radius 1 is 1.37 bits per heavy atom. The molecule has 0 spiro atoms. The SMILES string of the molecule is CC(C)CN1CCOC(CNC(=O)c2nnn(-c3cccc(F)c3)c2C(F)(F)F)C1. The molecule has 164 valence electrons. The summed E-state index contributed by atoms with van der Waals surface area (Å²) in [5.74, 6) is -1.29. The molecule has 11 heteroatoms. The van der Waals surface area contributed by atoms with Crippen LogP contribution < -0.4 is 5.32 Å². The second-order valence-corrected chi connectivity index (χ2v) is 7.53.